The maximum absolute atomic E-state index is 12.7. The van der Waals surface area contributed by atoms with Crippen molar-refractivity contribution in [1.82, 2.24) is 10.2 Å². The third-order valence-electron chi connectivity index (χ3n) is 3.66. The minimum Gasteiger partial charge on any atom is -0.342 e. The SMILES string of the molecule is C=CCC(C)N1C(=O)C(C(C)(C)C)NC(=O)C1CC. The highest BCUT2D eigenvalue weighted by molar-refractivity contribution is 5.97. The molecule has 1 saturated heterocycles. The molecule has 2 amide bonds. The van der Waals surface area contributed by atoms with Crippen molar-refractivity contribution in [2.24, 2.45) is 5.41 Å². The molecular formula is C15H26N2O2. The molecule has 1 heterocycles. The van der Waals surface area contributed by atoms with E-state index in [0.717, 1.165) is 0 Å². The van der Waals surface area contributed by atoms with Gasteiger partial charge >= 0.3 is 0 Å². The van der Waals surface area contributed by atoms with Crippen LogP contribution in [-0.4, -0.2) is 34.8 Å². The van der Waals surface area contributed by atoms with Gasteiger partial charge in [-0.25, -0.2) is 0 Å². The lowest BCUT2D eigenvalue weighted by Crippen LogP contribution is -2.68. The molecule has 1 fully saturated rings. The van der Waals surface area contributed by atoms with Crippen LogP contribution in [0, 0.1) is 5.41 Å². The van der Waals surface area contributed by atoms with Gasteiger partial charge in [-0.2, -0.15) is 0 Å². The highest BCUT2D eigenvalue weighted by Crippen LogP contribution is 2.27. The Labute approximate surface area is 116 Å². The second kappa shape index (κ2) is 5.76. The number of nitrogens with zero attached hydrogens (tertiary/aromatic N) is 1. The maximum atomic E-state index is 12.7. The van der Waals surface area contributed by atoms with Gasteiger partial charge in [0.15, 0.2) is 0 Å². The van der Waals surface area contributed by atoms with Crippen LogP contribution in [-0.2, 0) is 9.59 Å². The van der Waals surface area contributed by atoms with Gasteiger partial charge < -0.3 is 10.2 Å². The molecule has 0 bridgehead atoms. The number of rotatable bonds is 4. The summed E-state index contributed by atoms with van der Waals surface area (Å²) < 4.78 is 0. The van der Waals surface area contributed by atoms with Crippen molar-refractivity contribution in [2.45, 2.75) is 65.6 Å². The molecule has 1 aliphatic rings. The molecule has 0 aromatic rings. The van der Waals surface area contributed by atoms with Gasteiger partial charge in [-0.15, -0.1) is 6.58 Å². The van der Waals surface area contributed by atoms with Gasteiger partial charge in [0, 0.05) is 6.04 Å². The fourth-order valence-corrected chi connectivity index (χ4v) is 2.58. The fraction of sp³-hybridized carbons (Fsp3) is 0.733. The number of amides is 2. The summed E-state index contributed by atoms with van der Waals surface area (Å²) in [5, 5.41) is 2.88. The monoisotopic (exact) mass is 266 g/mol. The van der Waals surface area contributed by atoms with E-state index in [1.165, 1.54) is 0 Å². The molecule has 0 aromatic heterocycles. The van der Waals surface area contributed by atoms with Crippen molar-refractivity contribution in [3.63, 3.8) is 0 Å². The number of piperazine rings is 1. The maximum Gasteiger partial charge on any atom is 0.246 e. The third-order valence-corrected chi connectivity index (χ3v) is 3.66. The zero-order valence-electron chi connectivity index (χ0n) is 12.7. The van der Waals surface area contributed by atoms with Crippen molar-refractivity contribution in [3.05, 3.63) is 12.7 Å². The van der Waals surface area contributed by atoms with Crippen LogP contribution in [0.4, 0.5) is 0 Å². The summed E-state index contributed by atoms with van der Waals surface area (Å²) in [7, 11) is 0. The van der Waals surface area contributed by atoms with Crippen LogP contribution in [0.15, 0.2) is 12.7 Å². The first-order chi connectivity index (χ1) is 8.73. The minimum absolute atomic E-state index is 0.00542. The van der Waals surface area contributed by atoms with Crippen molar-refractivity contribution < 1.29 is 9.59 Å². The highest BCUT2D eigenvalue weighted by Gasteiger charge is 2.45. The van der Waals surface area contributed by atoms with Gasteiger partial charge in [-0.1, -0.05) is 33.8 Å². The van der Waals surface area contributed by atoms with E-state index in [-0.39, 0.29) is 29.3 Å². The molecule has 0 spiro atoms. The van der Waals surface area contributed by atoms with Crippen LogP contribution >= 0.6 is 0 Å². The first kappa shape index (κ1) is 15.7. The lowest BCUT2D eigenvalue weighted by atomic mass is 9.83. The zero-order valence-corrected chi connectivity index (χ0v) is 12.7. The lowest BCUT2D eigenvalue weighted by Gasteiger charge is -2.45. The molecule has 0 radical (unpaired) electrons. The van der Waals surface area contributed by atoms with Crippen molar-refractivity contribution >= 4 is 11.8 Å². The molecule has 1 aliphatic heterocycles. The number of hydrogen-bond donors (Lipinski definition) is 1. The third kappa shape index (κ3) is 3.17. The summed E-state index contributed by atoms with van der Waals surface area (Å²) in [5.41, 5.74) is -0.280. The summed E-state index contributed by atoms with van der Waals surface area (Å²) in [4.78, 5) is 26.6. The molecular weight excluding hydrogens is 240 g/mol. The van der Waals surface area contributed by atoms with E-state index in [1.54, 1.807) is 11.0 Å². The summed E-state index contributed by atoms with van der Waals surface area (Å²) in [5.74, 6) is -0.0220. The van der Waals surface area contributed by atoms with E-state index in [2.05, 4.69) is 11.9 Å². The molecule has 4 heteroatoms. The van der Waals surface area contributed by atoms with E-state index < -0.39 is 6.04 Å². The largest absolute Gasteiger partial charge is 0.342 e. The molecule has 3 atom stereocenters. The van der Waals surface area contributed by atoms with Gasteiger partial charge in [0.05, 0.1) is 0 Å². The van der Waals surface area contributed by atoms with E-state index in [9.17, 15) is 9.59 Å². The predicted octanol–water partition coefficient (Wildman–Crippen LogP) is 2.10. The Morgan fingerprint density at radius 3 is 2.42 bits per heavy atom. The standard InChI is InChI=1S/C15H26N2O2/c1-7-9-10(3)17-11(8-2)13(18)16-12(14(17)19)15(4,5)6/h7,10-12H,1,8-9H2,2-6H3,(H,16,18). The topological polar surface area (TPSA) is 49.4 Å². The number of nitrogens with one attached hydrogen (secondary N) is 1. The number of carbonyl (C=O) groups is 2. The van der Waals surface area contributed by atoms with Crippen LogP contribution in [0.2, 0.25) is 0 Å². The Morgan fingerprint density at radius 1 is 1.42 bits per heavy atom. The Morgan fingerprint density at radius 2 is 2.00 bits per heavy atom. The fourth-order valence-electron chi connectivity index (χ4n) is 2.58. The predicted molar refractivity (Wildman–Crippen MR) is 76.6 cm³/mol. The van der Waals surface area contributed by atoms with Crippen LogP contribution in [0.25, 0.3) is 0 Å². The van der Waals surface area contributed by atoms with Crippen LogP contribution < -0.4 is 5.32 Å². The number of carbonyl (C=O) groups excluding carboxylic acids is 2. The van der Waals surface area contributed by atoms with Crippen molar-refractivity contribution in [3.8, 4) is 0 Å². The summed E-state index contributed by atoms with van der Waals surface area (Å²) >= 11 is 0. The van der Waals surface area contributed by atoms with Crippen LogP contribution in [0.3, 0.4) is 0 Å². The Balaban J connectivity index is 3.09. The first-order valence-corrected chi connectivity index (χ1v) is 6.97. The van der Waals surface area contributed by atoms with Crippen molar-refractivity contribution in [1.29, 1.82) is 0 Å². The van der Waals surface area contributed by atoms with Gasteiger partial charge in [-0.05, 0) is 25.2 Å². The molecule has 0 aromatic carbocycles. The Bertz CT molecular complexity index is 371. The quantitative estimate of drug-likeness (QED) is 0.792. The second-order valence-corrected chi connectivity index (χ2v) is 6.35. The lowest BCUT2D eigenvalue weighted by molar-refractivity contribution is -0.155. The van der Waals surface area contributed by atoms with E-state index in [4.69, 9.17) is 0 Å². The Hall–Kier alpha value is -1.32. The van der Waals surface area contributed by atoms with E-state index in [1.807, 2.05) is 34.6 Å². The number of hydrogen-bond acceptors (Lipinski definition) is 2. The van der Waals surface area contributed by atoms with Gasteiger partial charge in [-0.3, -0.25) is 9.59 Å². The average Bonchev–Trinajstić information content (AvgIpc) is 2.29. The van der Waals surface area contributed by atoms with Crippen LogP contribution in [0.5, 0.6) is 0 Å². The van der Waals surface area contributed by atoms with Gasteiger partial charge in [0.25, 0.3) is 0 Å². The molecule has 19 heavy (non-hydrogen) atoms. The van der Waals surface area contributed by atoms with E-state index >= 15 is 0 Å². The highest BCUT2D eigenvalue weighted by atomic mass is 16.2. The van der Waals surface area contributed by atoms with E-state index in [0.29, 0.717) is 12.8 Å². The summed E-state index contributed by atoms with van der Waals surface area (Å²) in [6.07, 6.45) is 3.13. The molecule has 3 unspecified atom stereocenters. The molecule has 1 N–H and O–H groups in total. The summed E-state index contributed by atoms with van der Waals surface area (Å²) in [6.45, 7) is 13.5. The molecule has 0 saturated carbocycles. The molecule has 0 aliphatic carbocycles. The smallest absolute Gasteiger partial charge is 0.246 e. The normalized spacial score (nSPS) is 26.1. The Kier molecular flexibility index (Phi) is 4.77. The minimum atomic E-state index is -0.449. The van der Waals surface area contributed by atoms with Crippen molar-refractivity contribution in [2.75, 3.05) is 0 Å². The zero-order chi connectivity index (χ0) is 14.8. The molecule has 4 nitrogen and oxygen atoms in total. The molecule has 108 valence electrons. The van der Waals surface area contributed by atoms with Crippen LogP contribution in [0.1, 0.15) is 47.5 Å². The second-order valence-electron chi connectivity index (χ2n) is 6.35. The molecule has 1 rings (SSSR count). The summed E-state index contributed by atoms with van der Waals surface area (Å²) in [6, 6.07) is -0.804. The van der Waals surface area contributed by atoms with Gasteiger partial charge in [0.2, 0.25) is 11.8 Å². The first-order valence-electron chi connectivity index (χ1n) is 6.97. The average molecular weight is 266 g/mol. The van der Waals surface area contributed by atoms with Gasteiger partial charge in [0.1, 0.15) is 12.1 Å².